The van der Waals surface area contributed by atoms with E-state index in [1.807, 2.05) is 19.1 Å². The molecule has 0 atom stereocenters. The van der Waals surface area contributed by atoms with Crippen molar-refractivity contribution in [1.82, 2.24) is 9.62 Å². The lowest BCUT2D eigenvalue weighted by Crippen LogP contribution is -2.45. The Morgan fingerprint density at radius 1 is 1.33 bits per heavy atom. The van der Waals surface area contributed by atoms with Gasteiger partial charge in [-0.05, 0) is 43.9 Å². The van der Waals surface area contributed by atoms with Crippen LogP contribution in [-0.4, -0.2) is 37.6 Å². The van der Waals surface area contributed by atoms with Crippen molar-refractivity contribution in [1.29, 1.82) is 0 Å². The number of rotatable bonds is 5. The van der Waals surface area contributed by atoms with Crippen molar-refractivity contribution in [3.8, 4) is 0 Å². The first-order chi connectivity index (χ1) is 9.92. The van der Waals surface area contributed by atoms with Gasteiger partial charge in [-0.3, -0.25) is 0 Å². The molecular weight excluding hydrogens is 308 g/mol. The molecule has 0 aliphatic carbocycles. The molecule has 0 unspecified atom stereocenters. The molecule has 1 saturated heterocycles. The minimum absolute atomic E-state index is 0.187. The van der Waals surface area contributed by atoms with E-state index in [2.05, 4.69) is 11.4 Å². The third-order valence-corrected chi connectivity index (χ3v) is 6.33. The highest BCUT2D eigenvalue weighted by atomic mass is 35.5. The van der Waals surface area contributed by atoms with E-state index >= 15 is 0 Å². The lowest BCUT2D eigenvalue weighted by atomic mass is 10.1. The highest BCUT2D eigenvalue weighted by molar-refractivity contribution is 7.89. The van der Waals surface area contributed by atoms with E-state index in [4.69, 9.17) is 11.6 Å². The molecule has 0 aromatic heterocycles. The molecule has 1 N–H and O–H groups in total. The van der Waals surface area contributed by atoms with E-state index in [1.165, 1.54) is 0 Å². The van der Waals surface area contributed by atoms with Gasteiger partial charge in [-0.25, -0.2) is 12.7 Å². The van der Waals surface area contributed by atoms with E-state index in [9.17, 15) is 8.42 Å². The van der Waals surface area contributed by atoms with Gasteiger partial charge < -0.3 is 5.32 Å². The molecule has 1 aromatic rings. The fourth-order valence-corrected chi connectivity index (χ4v) is 3.86. The largest absolute Gasteiger partial charge is 0.310 e. The molecule has 1 heterocycles. The zero-order valence-electron chi connectivity index (χ0n) is 12.6. The fraction of sp³-hybridized carbons (Fsp3) is 0.600. The van der Waals surface area contributed by atoms with E-state index in [0.29, 0.717) is 19.1 Å². The number of benzene rings is 1. The smallest absolute Gasteiger partial charge is 0.213 e. The number of aryl methyl sites for hydroxylation is 1. The lowest BCUT2D eigenvalue weighted by molar-refractivity contribution is 0.289. The molecule has 0 amide bonds. The molecule has 21 heavy (non-hydrogen) atoms. The van der Waals surface area contributed by atoms with Crippen LogP contribution in [0.1, 0.15) is 30.9 Å². The first-order valence-electron chi connectivity index (χ1n) is 7.38. The second kappa shape index (κ2) is 7.09. The van der Waals surface area contributed by atoms with Crippen molar-refractivity contribution in [2.75, 3.05) is 18.8 Å². The van der Waals surface area contributed by atoms with Gasteiger partial charge in [0.2, 0.25) is 10.0 Å². The summed E-state index contributed by atoms with van der Waals surface area (Å²) in [5.74, 6) is 0.187. The number of sulfonamides is 1. The van der Waals surface area contributed by atoms with Gasteiger partial charge in [0.25, 0.3) is 0 Å². The topological polar surface area (TPSA) is 49.4 Å². The fourth-order valence-electron chi connectivity index (χ4n) is 2.53. The Balaban J connectivity index is 1.82. The summed E-state index contributed by atoms with van der Waals surface area (Å²) >= 11 is 6.12. The van der Waals surface area contributed by atoms with Gasteiger partial charge in [0.05, 0.1) is 5.75 Å². The average Bonchev–Trinajstić information content (AvgIpc) is 2.49. The Kier molecular flexibility index (Phi) is 5.66. The number of hydrogen-bond acceptors (Lipinski definition) is 3. The SMILES string of the molecule is CCS(=O)(=O)N1CCC(NCc2ccc(C)c(Cl)c2)CC1. The van der Waals surface area contributed by atoms with Crippen LogP contribution in [0.2, 0.25) is 5.02 Å². The number of hydrogen-bond donors (Lipinski definition) is 1. The van der Waals surface area contributed by atoms with E-state index in [1.54, 1.807) is 11.2 Å². The maximum Gasteiger partial charge on any atom is 0.213 e. The predicted octanol–water partition coefficient (Wildman–Crippen LogP) is 2.55. The average molecular weight is 331 g/mol. The van der Waals surface area contributed by atoms with Crippen molar-refractivity contribution in [3.05, 3.63) is 34.3 Å². The molecule has 1 aliphatic heterocycles. The summed E-state index contributed by atoms with van der Waals surface area (Å²) in [4.78, 5) is 0. The van der Waals surface area contributed by atoms with Crippen molar-refractivity contribution >= 4 is 21.6 Å². The van der Waals surface area contributed by atoms with E-state index < -0.39 is 10.0 Å². The quantitative estimate of drug-likeness (QED) is 0.902. The molecule has 2 rings (SSSR count). The Morgan fingerprint density at radius 2 is 2.00 bits per heavy atom. The summed E-state index contributed by atoms with van der Waals surface area (Å²) in [5.41, 5.74) is 2.24. The van der Waals surface area contributed by atoms with E-state index in [0.717, 1.165) is 35.5 Å². The van der Waals surface area contributed by atoms with Crippen molar-refractivity contribution in [2.24, 2.45) is 0 Å². The Morgan fingerprint density at radius 3 is 2.57 bits per heavy atom. The maximum absolute atomic E-state index is 11.8. The minimum atomic E-state index is -3.03. The second-order valence-electron chi connectivity index (χ2n) is 5.54. The molecule has 6 heteroatoms. The molecule has 0 saturated carbocycles. The molecule has 0 radical (unpaired) electrons. The summed E-state index contributed by atoms with van der Waals surface area (Å²) < 4.78 is 25.2. The maximum atomic E-state index is 11.8. The third kappa shape index (κ3) is 4.42. The second-order valence-corrected chi connectivity index (χ2v) is 8.20. The number of halogens is 1. The first-order valence-corrected chi connectivity index (χ1v) is 9.37. The van der Waals surface area contributed by atoms with Crippen LogP contribution in [0.3, 0.4) is 0 Å². The van der Waals surface area contributed by atoms with Gasteiger partial charge >= 0.3 is 0 Å². The summed E-state index contributed by atoms with van der Waals surface area (Å²) in [5, 5.41) is 4.28. The van der Waals surface area contributed by atoms with Crippen LogP contribution in [0.4, 0.5) is 0 Å². The molecule has 0 spiro atoms. The standard InChI is InChI=1S/C15H23ClN2O2S/c1-3-21(19,20)18-8-6-14(7-9-18)17-11-13-5-4-12(2)15(16)10-13/h4-5,10,14,17H,3,6-9,11H2,1-2H3. The summed E-state index contributed by atoms with van der Waals surface area (Å²) in [7, 11) is -3.03. The van der Waals surface area contributed by atoms with Gasteiger partial charge in [0.1, 0.15) is 0 Å². The van der Waals surface area contributed by atoms with Crippen molar-refractivity contribution < 1.29 is 8.42 Å². The molecule has 0 bridgehead atoms. The van der Waals surface area contributed by atoms with Crippen LogP contribution in [-0.2, 0) is 16.6 Å². The molecule has 1 aliphatic rings. The summed E-state index contributed by atoms with van der Waals surface area (Å²) in [6.07, 6.45) is 1.72. The predicted molar refractivity (Wildman–Crippen MR) is 87.1 cm³/mol. The monoisotopic (exact) mass is 330 g/mol. The van der Waals surface area contributed by atoms with Crippen LogP contribution in [0.25, 0.3) is 0 Å². The molecule has 4 nitrogen and oxygen atoms in total. The number of nitrogens with one attached hydrogen (secondary N) is 1. The van der Waals surface area contributed by atoms with Gasteiger partial charge in [-0.1, -0.05) is 23.7 Å². The van der Waals surface area contributed by atoms with Crippen molar-refractivity contribution in [2.45, 2.75) is 39.3 Å². The van der Waals surface area contributed by atoms with Gasteiger partial charge in [0, 0.05) is 30.7 Å². The van der Waals surface area contributed by atoms with E-state index in [-0.39, 0.29) is 5.75 Å². The zero-order chi connectivity index (χ0) is 15.5. The van der Waals surface area contributed by atoms with Crippen LogP contribution >= 0.6 is 11.6 Å². The molecule has 118 valence electrons. The highest BCUT2D eigenvalue weighted by Gasteiger charge is 2.26. The Bertz CT molecular complexity index is 581. The number of piperidine rings is 1. The van der Waals surface area contributed by atoms with Crippen LogP contribution in [0.15, 0.2) is 18.2 Å². The Hall–Kier alpha value is -0.620. The Labute approximate surface area is 132 Å². The van der Waals surface area contributed by atoms with Gasteiger partial charge in [-0.15, -0.1) is 0 Å². The lowest BCUT2D eigenvalue weighted by Gasteiger charge is -2.31. The normalized spacial score (nSPS) is 18.0. The molecule has 1 fully saturated rings. The van der Waals surface area contributed by atoms with Gasteiger partial charge in [-0.2, -0.15) is 0 Å². The summed E-state index contributed by atoms with van der Waals surface area (Å²) in [6.45, 7) is 5.68. The highest BCUT2D eigenvalue weighted by Crippen LogP contribution is 2.18. The minimum Gasteiger partial charge on any atom is -0.310 e. The first kappa shape index (κ1) is 16.7. The van der Waals surface area contributed by atoms with Gasteiger partial charge in [0.15, 0.2) is 0 Å². The van der Waals surface area contributed by atoms with Crippen LogP contribution in [0, 0.1) is 6.92 Å². The van der Waals surface area contributed by atoms with Crippen LogP contribution in [0.5, 0.6) is 0 Å². The van der Waals surface area contributed by atoms with Crippen LogP contribution < -0.4 is 5.32 Å². The molecule has 1 aromatic carbocycles. The van der Waals surface area contributed by atoms with Crippen molar-refractivity contribution in [3.63, 3.8) is 0 Å². The third-order valence-electron chi connectivity index (χ3n) is 4.04. The number of nitrogens with zero attached hydrogens (tertiary/aromatic N) is 1. The molecular formula is C15H23ClN2O2S. The zero-order valence-corrected chi connectivity index (χ0v) is 14.2. The summed E-state index contributed by atoms with van der Waals surface area (Å²) in [6, 6.07) is 6.45.